The van der Waals surface area contributed by atoms with Gasteiger partial charge in [0.1, 0.15) is 12.3 Å². The summed E-state index contributed by atoms with van der Waals surface area (Å²) in [6, 6.07) is 0.559. The van der Waals surface area contributed by atoms with E-state index in [-0.39, 0.29) is 6.04 Å². The van der Waals surface area contributed by atoms with Crippen molar-refractivity contribution < 1.29 is 4.79 Å². The number of nitrogens with zero attached hydrogens (tertiary/aromatic N) is 4. The van der Waals surface area contributed by atoms with Crippen molar-refractivity contribution >= 4 is 6.29 Å². The summed E-state index contributed by atoms with van der Waals surface area (Å²) in [5, 5.41) is 7.59. The molecule has 0 aliphatic carbocycles. The third-order valence-corrected chi connectivity index (χ3v) is 2.66. The maximum Gasteiger partial charge on any atom is 0.145 e. The first-order valence-electron chi connectivity index (χ1n) is 5.63. The summed E-state index contributed by atoms with van der Waals surface area (Å²) in [5.74, 6) is 0. The van der Waals surface area contributed by atoms with Gasteiger partial charge in [0.2, 0.25) is 0 Å². The Hall–Kier alpha value is -1.23. The number of aromatic nitrogens is 3. The molecule has 0 amide bonds. The van der Waals surface area contributed by atoms with Crippen molar-refractivity contribution in [2.24, 2.45) is 0 Å². The minimum atomic E-state index is -0.257. The van der Waals surface area contributed by atoms with E-state index < -0.39 is 0 Å². The van der Waals surface area contributed by atoms with Gasteiger partial charge in [0.15, 0.2) is 0 Å². The largest absolute Gasteiger partial charge is 0.301 e. The molecule has 5 heteroatoms. The second kappa shape index (κ2) is 5.75. The number of hydrogen-bond acceptors (Lipinski definition) is 4. The van der Waals surface area contributed by atoms with Crippen molar-refractivity contribution in [3.8, 4) is 0 Å². The molecule has 0 fully saturated rings. The number of aldehydes is 1. The van der Waals surface area contributed by atoms with Gasteiger partial charge in [-0.15, -0.1) is 5.10 Å². The average Bonchev–Trinajstić information content (AvgIpc) is 2.71. The second-order valence-electron chi connectivity index (χ2n) is 4.47. The lowest BCUT2D eigenvalue weighted by Crippen LogP contribution is -2.41. The molecule has 0 aliphatic rings. The van der Waals surface area contributed by atoms with Gasteiger partial charge < -0.3 is 4.79 Å². The van der Waals surface area contributed by atoms with Gasteiger partial charge in [0, 0.05) is 24.8 Å². The first-order valence-corrected chi connectivity index (χ1v) is 5.63. The van der Waals surface area contributed by atoms with E-state index in [0.717, 1.165) is 6.29 Å². The molecular weight excluding hydrogens is 204 g/mol. The van der Waals surface area contributed by atoms with E-state index in [9.17, 15) is 4.79 Å². The second-order valence-corrected chi connectivity index (χ2v) is 4.47. The summed E-state index contributed by atoms with van der Waals surface area (Å²) in [6.07, 6.45) is 4.23. The molecule has 1 unspecified atom stereocenters. The molecule has 1 aromatic rings. The van der Waals surface area contributed by atoms with Gasteiger partial charge in [-0.25, -0.2) is 4.68 Å². The molecule has 0 saturated heterocycles. The van der Waals surface area contributed by atoms with Crippen LogP contribution in [0, 0.1) is 0 Å². The molecule has 1 aromatic heterocycles. The zero-order valence-corrected chi connectivity index (χ0v) is 10.4. The van der Waals surface area contributed by atoms with Gasteiger partial charge in [-0.3, -0.25) is 4.90 Å². The van der Waals surface area contributed by atoms with Crippen LogP contribution in [0.1, 0.15) is 33.7 Å². The Bertz CT molecular complexity index is 300. The highest BCUT2D eigenvalue weighted by Gasteiger charge is 2.20. The molecule has 0 aliphatic heterocycles. The molecule has 0 spiro atoms. The quantitative estimate of drug-likeness (QED) is 0.680. The summed E-state index contributed by atoms with van der Waals surface area (Å²) in [5.41, 5.74) is 0. The van der Waals surface area contributed by atoms with Crippen LogP contribution in [0.3, 0.4) is 0 Å². The van der Waals surface area contributed by atoms with E-state index in [1.165, 1.54) is 0 Å². The highest BCUT2D eigenvalue weighted by atomic mass is 16.1. The van der Waals surface area contributed by atoms with Crippen LogP contribution < -0.4 is 0 Å². The SMILES string of the molecule is CC(C)N(CC(C=O)n1ccnn1)C(C)C. The van der Waals surface area contributed by atoms with Crippen molar-refractivity contribution in [2.45, 2.75) is 45.8 Å². The van der Waals surface area contributed by atoms with Gasteiger partial charge in [0.05, 0.1) is 6.20 Å². The van der Waals surface area contributed by atoms with Gasteiger partial charge in [-0.2, -0.15) is 0 Å². The van der Waals surface area contributed by atoms with E-state index in [4.69, 9.17) is 0 Å². The van der Waals surface area contributed by atoms with Gasteiger partial charge in [0.25, 0.3) is 0 Å². The molecule has 0 bridgehead atoms. The summed E-state index contributed by atoms with van der Waals surface area (Å²) < 4.78 is 1.60. The molecule has 5 nitrogen and oxygen atoms in total. The lowest BCUT2D eigenvalue weighted by Gasteiger charge is -2.32. The van der Waals surface area contributed by atoms with Crippen LogP contribution in [-0.4, -0.2) is 44.8 Å². The Balaban J connectivity index is 2.72. The van der Waals surface area contributed by atoms with E-state index in [0.29, 0.717) is 18.6 Å². The van der Waals surface area contributed by atoms with Crippen LogP contribution in [0.15, 0.2) is 12.4 Å². The fourth-order valence-corrected chi connectivity index (χ4v) is 1.82. The Labute approximate surface area is 96.4 Å². The van der Waals surface area contributed by atoms with Gasteiger partial charge in [-0.1, -0.05) is 5.21 Å². The van der Waals surface area contributed by atoms with E-state index >= 15 is 0 Å². The third-order valence-electron chi connectivity index (χ3n) is 2.66. The van der Waals surface area contributed by atoms with Gasteiger partial charge in [-0.05, 0) is 27.7 Å². The summed E-state index contributed by atoms with van der Waals surface area (Å²) in [6.45, 7) is 9.18. The van der Waals surface area contributed by atoms with Crippen LogP contribution in [0.5, 0.6) is 0 Å². The number of carbonyl (C=O) groups is 1. The molecule has 1 atom stereocenters. The minimum Gasteiger partial charge on any atom is -0.301 e. The molecule has 0 aromatic carbocycles. The van der Waals surface area contributed by atoms with Crippen LogP contribution in [-0.2, 0) is 4.79 Å². The van der Waals surface area contributed by atoms with E-state index in [1.54, 1.807) is 17.1 Å². The highest BCUT2D eigenvalue weighted by Crippen LogP contribution is 2.11. The van der Waals surface area contributed by atoms with Crippen LogP contribution in [0.2, 0.25) is 0 Å². The Morgan fingerprint density at radius 2 is 1.94 bits per heavy atom. The highest BCUT2D eigenvalue weighted by molar-refractivity contribution is 5.55. The van der Waals surface area contributed by atoms with Crippen LogP contribution >= 0.6 is 0 Å². The van der Waals surface area contributed by atoms with Crippen LogP contribution in [0.4, 0.5) is 0 Å². The minimum absolute atomic E-state index is 0.257. The van der Waals surface area contributed by atoms with Crippen molar-refractivity contribution in [2.75, 3.05) is 6.54 Å². The maximum atomic E-state index is 11.1. The first kappa shape index (κ1) is 12.8. The molecule has 16 heavy (non-hydrogen) atoms. The zero-order valence-electron chi connectivity index (χ0n) is 10.4. The molecular formula is C11H20N4O. The Morgan fingerprint density at radius 3 is 2.31 bits per heavy atom. The lowest BCUT2D eigenvalue weighted by atomic mass is 10.2. The predicted molar refractivity (Wildman–Crippen MR) is 62.1 cm³/mol. The number of rotatable bonds is 6. The fourth-order valence-electron chi connectivity index (χ4n) is 1.82. The first-order chi connectivity index (χ1) is 7.56. The van der Waals surface area contributed by atoms with Gasteiger partial charge >= 0.3 is 0 Å². The van der Waals surface area contributed by atoms with E-state index in [1.807, 2.05) is 0 Å². The molecule has 1 rings (SSSR count). The normalized spacial score (nSPS) is 13.7. The van der Waals surface area contributed by atoms with Crippen molar-refractivity contribution in [1.29, 1.82) is 0 Å². The standard InChI is InChI=1S/C11H20N4O/c1-9(2)14(10(3)4)7-11(8-16)15-6-5-12-13-15/h5-6,8-11H,7H2,1-4H3. The fraction of sp³-hybridized carbons (Fsp3) is 0.727. The van der Waals surface area contributed by atoms with Crippen molar-refractivity contribution in [3.05, 3.63) is 12.4 Å². The predicted octanol–water partition coefficient (Wildman–Crippen LogP) is 1.14. The Kier molecular flexibility index (Phi) is 4.61. The number of carbonyl (C=O) groups excluding carboxylic acids is 1. The third kappa shape index (κ3) is 3.13. The summed E-state index contributed by atoms with van der Waals surface area (Å²) in [7, 11) is 0. The molecule has 90 valence electrons. The Morgan fingerprint density at radius 1 is 1.31 bits per heavy atom. The van der Waals surface area contributed by atoms with Crippen molar-refractivity contribution in [3.63, 3.8) is 0 Å². The maximum absolute atomic E-state index is 11.1. The average molecular weight is 224 g/mol. The number of hydrogen-bond donors (Lipinski definition) is 0. The van der Waals surface area contributed by atoms with Crippen LogP contribution in [0.25, 0.3) is 0 Å². The molecule has 0 N–H and O–H groups in total. The lowest BCUT2D eigenvalue weighted by molar-refractivity contribution is -0.111. The molecule has 1 heterocycles. The summed E-state index contributed by atoms with van der Waals surface area (Å²) >= 11 is 0. The molecule has 0 saturated carbocycles. The topological polar surface area (TPSA) is 51.0 Å². The smallest absolute Gasteiger partial charge is 0.145 e. The monoisotopic (exact) mass is 224 g/mol. The van der Waals surface area contributed by atoms with E-state index in [2.05, 4.69) is 42.9 Å². The zero-order chi connectivity index (χ0) is 12.1. The molecule has 0 radical (unpaired) electrons. The van der Waals surface area contributed by atoms with Crippen molar-refractivity contribution in [1.82, 2.24) is 19.9 Å². The summed E-state index contributed by atoms with van der Waals surface area (Å²) in [4.78, 5) is 13.3.